The molecule has 0 heterocycles. The highest BCUT2D eigenvalue weighted by Gasteiger charge is 2.41. The van der Waals surface area contributed by atoms with Crippen molar-refractivity contribution < 1.29 is 32.2 Å². The summed E-state index contributed by atoms with van der Waals surface area (Å²) in [4.78, 5) is 21.4. The first-order chi connectivity index (χ1) is 8.20. The van der Waals surface area contributed by atoms with Crippen molar-refractivity contribution >= 4 is 11.9 Å². The van der Waals surface area contributed by atoms with E-state index in [9.17, 15) is 22.8 Å². The Labute approximate surface area is 100 Å². The molecule has 0 aromatic heterocycles. The molecule has 0 spiro atoms. The SMILES string of the molecule is CC(=O)Oc1ccc(C)cc1OC(=O)C(F)(F)F. The fourth-order valence-corrected chi connectivity index (χ4v) is 1.09. The Hall–Kier alpha value is -2.05. The number of rotatable bonds is 2. The zero-order chi connectivity index (χ0) is 13.9. The largest absolute Gasteiger partial charge is 0.491 e. The molecule has 98 valence electrons. The zero-order valence-corrected chi connectivity index (χ0v) is 9.50. The molecule has 4 nitrogen and oxygen atoms in total. The smallest absolute Gasteiger partial charge is 0.423 e. The minimum absolute atomic E-state index is 0.245. The van der Waals surface area contributed by atoms with Gasteiger partial charge in [-0.05, 0) is 24.6 Å². The average Bonchev–Trinajstić information content (AvgIpc) is 2.20. The molecule has 0 saturated heterocycles. The van der Waals surface area contributed by atoms with Crippen molar-refractivity contribution in [2.75, 3.05) is 0 Å². The Kier molecular flexibility index (Phi) is 3.95. The van der Waals surface area contributed by atoms with Crippen molar-refractivity contribution in [3.05, 3.63) is 23.8 Å². The maximum atomic E-state index is 12.0. The summed E-state index contributed by atoms with van der Waals surface area (Å²) in [5.41, 5.74) is 0.552. The standard InChI is InChI=1S/C11H9F3O4/c1-6-3-4-8(17-7(2)15)9(5-6)18-10(16)11(12,13)14/h3-5H,1-2H3. The molecule has 0 fully saturated rings. The van der Waals surface area contributed by atoms with Gasteiger partial charge in [-0.3, -0.25) is 4.79 Å². The van der Waals surface area contributed by atoms with Crippen molar-refractivity contribution in [1.82, 2.24) is 0 Å². The molecule has 0 aliphatic rings. The summed E-state index contributed by atoms with van der Waals surface area (Å²) in [5.74, 6) is -3.80. The number of halogens is 3. The van der Waals surface area contributed by atoms with Gasteiger partial charge in [0.2, 0.25) is 0 Å². The van der Waals surface area contributed by atoms with E-state index in [1.165, 1.54) is 18.2 Å². The van der Waals surface area contributed by atoms with Crippen molar-refractivity contribution in [2.24, 2.45) is 0 Å². The second-order valence-corrected chi connectivity index (χ2v) is 3.43. The molecule has 0 aliphatic carbocycles. The van der Waals surface area contributed by atoms with Crippen LogP contribution in [0.1, 0.15) is 12.5 Å². The predicted octanol–water partition coefficient (Wildman–Crippen LogP) is 2.39. The van der Waals surface area contributed by atoms with Gasteiger partial charge in [0.25, 0.3) is 0 Å². The molecule has 0 saturated carbocycles. The quantitative estimate of drug-likeness (QED) is 0.606. The third-order valence-electron chi connectivity index (χ3n) is 1.79. The van der Waals surface area contributed by atoms with Gasteiger partial charge in [-0.1, -0.05) is 6.07 Å². The normalized spacial score (nSPS) is 10.9. The molecule has 0 radical (unpaired) electrons. The van der Waals surface area contributed by atoms with Crippen molar-refractivity contribution in [2.45, 2.75) is 20.0 Å². The number of hydrogen-bond acceptors (Lipinski definition) is 4. The van der Waals surface area contributed by atoms with E-state index >= 15 is 0 Å². The minimum Gasteiger partial charge on any atom is -0.423 e. The number of carbonyl (C=O) groups excluding carboxylic acids is 2. The number of hydrogen-bond donors (Lipinski definition) is 0. The summed E-state index contributed by atoms with van der Waals surface area (Å²) < 4.78 is 44.9. The summed E-state index contributed by atoms with van der Waals surface area (Å²) in [5, 5.41) is 0. The fourth-order valence-electron chi connectivity index (χ4n) is 1.09. The van der Waals surface area contributed by atoms with E-state index < -0.39 is 23.9 Å². The van der Waals surface area contributed by atoms with Crippen LogP contribution in [0.15, 0.2) is 18.2 Å². The van der Waals surface area contributed by atoms with Crippen LogP contribution in [0, 0.1) is 6.92 Å². The number of benzene rings is 1. The Morgan fingerprint density at radius 3 is 2.22 bits per heavy atom. The minimum atomic E-state index is -5.11. The van der Waals surface area contributed by atoms with Gasteiger partial charge >= 0.3 is 18.1 Å². The first kappa shape index (κ1) is 14.0. The third-order valence-corrected chi connectivity index (χ3v) is 1.79. The molecular weight excluding hydrogens is 253 g/mol. The molecule has 1 aromatic carbocycles. The summed E-state index contributed by atoms with van der Waals surface area (Å²) in [6.07, 6.45) is -5.11. The number of aryl methyl sites for hydroxylation is 1. The highest BCUT2D eigenvalue weighted by Crippen LogP contribution is 2.30. The van der Waals surface area contributed by atoms with Crippen molar-refractivity contribution in [1.29, 1.82) is 0 Å². The highest BCUT2D eigenvalue weighted by molar-refractivity contribution is 5.79. The van der Waals surface area contributed by atoms with E-state index in [1.807, 2.05) is 0 Å². The second-order valence-electron chi connectivity index (χ2n) is 3.43. The molecule has 0 unspecified atom stereocenters. The molecule has 0 N–H and O–H groups in total. The first-order valence-electron chi connectivity index (χ1n) is 4.78. The van der Waals surface area contributed by atoms with Crippen molar-refractivity contribution in [3.8, 4) is 11.5 Å². The third kappa shape index (κ3) is 3.76. The van der Waals surface area contributed by atoms with E-state index in [1.54, 1.807) is 6.92 Å². The molecule has 7 heteroatoms. The molecule has 1 aromatic rings. The lowest BCUT2D eigenvalue weighted by atomic mass is 10.2. The fraction of sp³-hybridized carbons (Fsp3) is 0.273. The van der Waals surface area contributed by atoms with Gasteiger partial charge in [0.15, 0.2) is 11.5 Å². The summed E-state index contributed by atoms with van der Waals surface area (Å²) in [6, 6.07) is 3.92. The van der Waals surface area contributed by atoms with Crippen LogP contribution >= 0.6 is 0 Å². The van der Waals surface area contributed by atoms with Gasteiger partial charge in [-0.2, -0.15) is 13.2 Å². The maximum absolute atomic E-state index is 12.0. The van der Waals surface area contributed by atoms with Crippen molar-refractivity contribution in [3.63, 3.8) is 0 Å². The monoisotopic (exact) mass is 262 g/mol. The highest BCUT2D eigenvalue weighted by atomic mass is 19.4. The Bertz CT molecular complexity index is 480. The van der Waals surface area contributed by atoms with Crippen LogP contribution in [0.2, 0.25) is 0 Å². The van der Waals surface area contributed by atoms with Crippen LogP contribution in [-0.4, -0.2) is 18.1 Å². The summed E-state index contributed by atoms with van der Waals surface area (Å²) in [7, 11) is 0. The van der Waals surface area contributed by atoms with Crippen LogP contribution in [0.5, 0.6) is 11.5 Å². The summed E-state index contributed by atoms with van der Waals surface area (Å²) >= 11 is 0. The van der Waals surface area contributed by atoms with E-state index in [0.29, 0.717) is 5.56 Å². The Morgan fingerprint density at radius 2 is 1.72 bits per heavy atom. The Balaban J connectivity index is 3.02. The first-order valence-corrected chi connectivity index (χ1v) is 4.78. The van der Waals surface area contributed by atoms with E-state index in [4.69, 9.17) is 0 Å². The lowest BCUT2D eigenvalue weighted by molar-refractivity contribution is -0.189. The molecule has 0 aliphatic heterocycles. The lowest BCUT2D eigenvalue weighted by Crippen LogP contribution is -2.28. The van der Waals surface area contributed by atoms with Crippen LogP contribution in [0.25, 0.3) is 0 Å². The average molecular weight is 262 g/mol. The Morgan fingerprint density at radius 1 is 1.11 bits per heavy atom. The second kappa shape index (κ2) is 5.07. The maximum Gasteiger partial charge on any atom is 0.491 e. The molecule has 0 amide bonds. The number of ether oxygens (including phenoxy) is 2. The number of carbonyl (C=O) groups is 2. The zero-order valence-electron chi connectivity index (χ0n) is 9.50. The van der Waals surface area contributed by atoms with E-state index in [-0.39, 0.29) is 5.75 Å². The van der Waals surface area contributed by atoms with Gasteiger partial charge in [0.05, 0.1) is 0 Å². The number of alkyl halides is 3. The van der Waals surface area contributed by atoms with E-state index in [0.717, 1.165) is 6.92 Å². The number of esters is 2. The van der Waals surface area contributed by atoms with Gasteiger partial charge in [-0.15, -0.1) is 0 Å². The lowest BCUT2D eigenvalue weighted by Gasteiger charge is -2.11. The predicted molar refractivity (Wildman–Crippen MR) is 54.2 cm³/mol. The van der Waals surface area contributed by atoms with Gasteiger partial charge in [0.1, 0.15) is 0 Å². The topological polar surface area (TPSA) is 52.6 Å². The van der Waals surface area contributed by atoms with E-state index in [2.05, 4.69) is 9.47 Å². The summed E-state index contributed by atoms with van der Waals surface area (Å²) in [6.45, 7) is 2.66. The van der Waals surface area contributed by atoms with Gasteiger partial charge in [0, 0.05) is 6.92 Å². The van der Waals surface area contributed by atoms with Gasteiger partial charge < -0.3 is 9.47 Å². The van der Waals surface area contributed by atoms with Crippen LogP contribution in [0.3, 0.4) is 0 Å². The van der Waals surface area contributed by atoms with Crippen LogP contribution in [-0.2, 0) is 9.59 Å². The molecule has 0 atom stereocenters. The molecular formula is C11H9F3O4. The van der Waals surface area contributed by atoms with Crippen LogP contribution in [0.4, 0.5) is 13.2 Å². The molecule has 18 heavy (non-hydrogen) atoms. The van der Waals surface area contributed by atoms with Gasteiger partial charge in [-0.25, -0.2) is 4.79 Å². The molecule has 1 rings (SSSR count). The van der Waals surface area contributed by atoms with Crippen LogP contribution < -0.4 is 9.47 Å². The molecule has 0 bridgehead atoms.